The predicted molar refractivity (Wildman–Crippen MR) is 136 cm³/mol. The molecular formula is C27H38N2O4Si. The third-order valence-electron chi connectivity index (χ3n) is 7.19. The smallest absolute Gasteiger partial charge is 0.410 e. The molecule has 2 aromatic rings. The van der Waals surface area contributed by atoms with E-state index in [0.717, 1.165) is 11.1 Å². The molecule has 2 N–H and O–H groups in total. The van der Waals surface area contributed by atoms with Gasteiger partial charge in [0.15, 0.2) is 8.32 Å². The van der Waals surface area contributed by atoms with E-state index in [4.69, 9.17) is 14.9 Å². The molecule has 0 radical (unpaired) electrons. The number of nitrogens with zero attached hydrogens (tertiary/aromatic N) is 1. The Hall–Kier alpha value is -2.64. The van der Waals surface area contributed by atoms with Gasteiger partial charge in [-0.1, -0.05) is 81.4 Å². The largest absolute Gasteiger partial charge is 0.445 e. The Labute approximate surface area is 204 Å². The minimum absolute atomic E-state index is 0.00383. The van der Waals surface area contributed by atoms with Crippen LogP contribution in [0.25, 0.3) is 0 Å². The Balaban J connectivity index is 1.84. The van der Waals surface area contributed by atoms with Gasteiger partial charge < -0.3 is 14.9 Å². The van der Waals surface area contributed by atoms with Gasteiger partial charge in [-0.25, -0.2) is 4.79 Å². The van der Waals surface area contributed by atoms with E-state index in [0.29, 0.717) is 19.6 Å². The van der Waals surface area contributed by atoms with Crippen LogP contribution in [-0.2, 0) is 20.6 Å². The maximum atomic E-state index is 13.3. The Kier molecular flexibility index (Phi) is 8.20. The Morgan fingerprint density at radius 3 is 2.18 bits per heavy atom. The summed E-state index contributed by atoms with van der Waals surface area (Å²) in [6, 6.07) is 18.7. The number of carbonyl (C=O) groups is 2. The zero-order valence-electron chi connectivity index (χ0n) is 21.0. The van der Waals surface area contributed by atoms with Crippen molar-refractivity contribution in [2.24, 2.45) is 17.6 Å². The van der Waals surface area contributed by atoms with Crippen LogP contribution in [0.2, 0.25) is 18.1 Å². The van der Waals surface area contributed by atoms with Crippen LogP contribution in [0.3, 0.4) is 0 Å². The van der Waals surface area contributed by atoms with Crippen molar-refractivity contribution in [3.05, 3.63) is 71.8 Å². The normalized spacial score (nSPS) is 21.2. The van der Waals surface area contributed by atoms with Crippen molar-refractivity contribution in [1.82, 2.24) is 4.90 Å². The lowest BCUT2D eigenvalue weighted by Gasteiger charge is -2.44. The molecule has 7 heteroatoms. The third kappa shape index (κ3) is 6.27. The van der Waals surface area contributed by atoms with Gasteiger partial charge in [0.1, 0.15) is 6.61 Å². The predicted octanol–water partition coefficient (Wildman–Crippen LogP) is 5.51. The summed E-state index contributed by atoms with van der Waals surface area (Å²) in [5.74, 6) is -0.934. The zero-order valence-corrected chi connectivity index (χ0v) is 22.0. The number of rotatable bonds is 7. The highest BCUT2D eigenvalue weighted by Crippen LogP contribution is 2.41. The van der Waals surface area contributed by atoms with E-state index in [2.05, 4.69) is 33.9 Å². The summed E-state index contributed by atoms with van der Waals surface area (Å²) in [6.07, 6.45) is 0.132. The van der Waals surface area contributed by atoms with Crippen LogP contribution in [0.15, 0.2) is 60.7 Å². The van der Waals surface area contributed by atoms with E-state index in [1.54, 1.807) is 4.90 Å². The molecule has 3 atom stereocenters. The minimum atomic E-state index is -1.98. The fraction of sp³-hybridized carbons (Fsp3) is 0.481. The summed E-state index contributed by atoms with van der Waals surface area (Å²) in [5.41, 5.74) is 7.68. The van der Waals surface area contributed by atoms with Crippen molar-refractivity contribution in [3.8, 4) is 0 Å². The highest BCUT2D eigenvalue weighted by Gasteiger charge is 2.44. The summed E-state index contributed by atoms with van der Waals surface area (Å²) in [4.78, 5) is 27.6. The molecule has 2 amide bonds. The molecule has 34 heavy (non-hydrogen) atoms. The molecule has 1 fully saturated rings. The number of hydrogen-bond donors (Lipinski definition) is 1. The summed E-state index contributed by atoms with van der Waals surface area (Å²) < 4.78 is 12.2. The van der Waals surface area contributed by atoms with Crippen LogP contribution in [0.4, 0.5) is 4.79 Å². The Morgan fingerprint density at radius 1 is 1.03 bits per heavy atom. The molecule has 0 bridgehead atoms. The van der Waals surface area contributed by atoms with E-state index in [1.165, 1.54) is 0 Å². The number of benzene rings is 2. The van der Waals surface area contributed by atoms with Crippen LogP contribution < -0.4 is 5.73 Å². The number of ether oxygens (including phenoxy) is 1. The van der Waals surface area contributed by atoms with Crippen LogP contribution in [0, 0.1) is 11.8 Å². The molecule has 0 aromatic heterocycles. The molecule has 1 aliphatic rings. The fourth-order valence-electron chi connectivity index (χ4n) is 4.16. The van der Waals surface area contributed by atoms with E-state index in [1.807, 2.05) is 60.7 Å². The van der Waals surface area contributed by atoms with Crippen molar-refractivity contribution >= 4 is 20.3 Å². The number of carbonyl (C=O) groups excluding carboxylic acids is 2. The molecule has 1 saturated heterocycles. The lowest BCUT2D eigenvalue weighted by Crippen LogP contribution is -2.52. The topological polar surface area (TPSA) is 81.9 Å². The number of hydrogen-bond acceptors (Lipinski definition) is 4. The summed E-state index contributed by atoms with van der Waals surface area (Å²) in [6.45, 7) is 12.1. The highest BCUT2D eigenvalue weighted by atomic mass is 28.4. The molecule has 0 saturated carbocycles. The molecule has 2 aromatic carbocycles. The molecule has 0 spiro atoms. The minimum Gasteiger partial charge on any atom is -0.445 e. The van der Waals surface area contributed by atoms with E-state index >= 15 is 0 Å². The first kappa shape index (κ1) is 26.0. The zero-order chi connectivity index (χ0) is 24.9. The van der Waals surface area contributed by atoms with Gasteiger partial charge in [0.2, 0.25) is 5.91 Å². The van der Waals surface area contributed by atoms with Crippen molar-refractivity contribution in [2.45, 2.75) is 58.0 Å². The SMILES string of the molecule is CC(C)(C)[Si](C)(C)OC[C@@H]1C[C@H](C(N)=O)[C@H](c2ccccc2)N(C(=O)OCc2ccccc2)C1. The fourth-order valence-corrected chi connectivity index (χ4v) is 5.24. The van der Waals surface area contributed by atoms with Crippen LogP contribution >= 0.6 is 0 Å². The van der Waals surface area contributed by atoms with E-state index in [9.17, 15) is 9.59 Å². The van der Waals surface area contributed by atoms with Gasteiger partial charge in [0, 0.05) is 13.2 Å². The Morgan fingerprint density at radius 2 is 1.62 bits per heavy atom. The first-order chi connectivity index (χ1) is 16.0. The van der Waals surface area contributed by atoms with Gasteiger partial charge in [-0.05, 0) is 41.6 Å². The van der Waals surface area contributed by atoms with Crippen LogP contribution in [0.1, 0.15) is 44.4 Å². The van der Waals surface area contributed by atoms with Crippen LogP contribution in [-0.4, -0.2) is 38.4 Å². The number of likely N-dealkylation sites (tertiary alicyclic amines) is 1. The van der Waals surface area contributed by atoms with Gasteiger partial charge in [-0.3, -0.25) is 9.69 Å². The Bertz CT molecular complexity index is 960. The molecule has 184 valence electrons. The molecule has 1 aliphatic heterocycles. The summed E-state index contributed by atoms with van der Waals surface area (Å²) in [5, 5.41) is 0.0750. The maximum Gasteiger partial charge on any atom is 0.410 e. The van der Waals surface area contributed by atoms with Gasteiger partial charge >= 0.3 is 6.09 Å². The molecule has 3 rings (SSSR count). The first-order valence-corrected chi connectivity index (χ1v) is 14.9. The maximum absolute atomic E-state index is 13.3. The number of amides is 2. The summed E-state index contributed by atoms with van der Waals surface area (Å²) >= 11 is 0. The second-order valence-corrected chi connectivity index (χ2v) is 15.5. The average molecular weight is 483 g/mol. The first-order valence-electron chi connectivity index (χ1n) is 11.9. The lowest BCUT2D eigenvalue weighted by molar-refractivity contribution is -0.126. The van der Waals surface area contributed by atoms with E-state index < -0.39 is 32.3 Å². The van der Waals surface area contributed by atoms with Gasteiger partial charge in [0.05, 0.1) is 12.0 Å². The lowest BCUT2D eigenvalue weighted by atomic mass is 9.80. The van der Waals surface area contributed by atoms with Crippen molar-refractivity contribution in [3.63, 3.8) is 0 Å². The standard InChI is InChI=1S/C27H38N2O4Si/c1-27(2,3)34(4,5)33-19-21-16-23(25(28)30)24(22-14-10-7-11-15-22)29(17-21)26(31)32-18-20-12-8-6-9-13-20/h6-15,21,23-24H,16-19H2,1-5H3,(H2,28,30)/t21-,23+,24+/m1/s1. The summed E-state index contributed by atoms with van der Waals surface area (Å²) in [7, 11) is -1.98. The van der Waals surface area contributed by atoms with E-state index in [-0.39, 0.29) is 17.6 Å². The quantitative estimate of drug-likeness (QED) is 0.528. The number of piperidine rings is 1. The van der Waals surface area contributed by atoms with Crippen molar-refractivity contribution in [1.29, 1.82) is 0 Å². The van der Waals surface area contributed by atoms with Crippen LogP contribution in [0.5, 0.6) is 0 Å². The molecular weight excluding hydrogens is 444 g/mol. The van der Waals surface area contributed by atoms with Gasteiger partial charge in [-0.15, -0.1) is 0 Å². The molecule has 1 heterocycles. The molecule has 6 nitrogen and oxygen atoms in total. The van der Waals surface area contributed by atoms with Crippen molar-refractivity contribution < 1.29 is 18.8 Å². The number of primary amides is 1. The second kappa shape index (κ2) is 10.7. The van der Waals surface area contributed by atoms with Crippen molar-refractivity contribution in [2.75, 3.05) is 13.2 Å². The monoisotopic (exact) mass is 482 g/mol. The molecule has 0 unspecified atom stereocenters. The average Bonchev–Trinajstić information content (AvgIpc) is 2.81. The second-order valence-electron chi connectivity index (χ2n) is 10.7. The number of nitrogens with two attached hydrogens (primary N) is 1. The highest BCUT2D eigenvalue weighted by molar-refractivity contribution is 6.74. The molecule has 0 aliphatic carbocycles. The van der Waals surface area contributed by atoms with Gasteiger partial charge in [0.25, 0.3) is 0 Å². The third-order valence-corrected chi connectivity index (χ3v) is 11.7. The van der Waals surface area contributed by atoms with Gasteiger partial charge in [-0.2, -0.15) is 0 Å².